The highest BCUT2D eigenvalue weighted by molar-refractivity contribution is 7.99. The summed E-state index contributed by atoms with van der Waals surface area (Å²) in [6.07, 6.45) is 0. The van der Waals surface area contributed by atoms with Crippen LogP contribution in [0.15, 0.2) is 76.7 Å². The molecule has 1 heterocycles. The number of para-hydroxylation sites is 2. The van der Waals surface area contributed by atoms with Crippen molar-refractivity contribution in [3.63, 3.8) is 0 Å². The number of amides is 1. The van der Waals surface area contributed by atoms with Gasteiger partial charge in [-0.2, -0.15) is 0 Å². The zero-order chi connectivity index (χ0) is 22.0. The van der Waals surface area contributed by atoms with Crippen molar-refractivity contribution in [3.05, 3.63) is 94.3 Å². The largest absolute Gasteiger partial charge is 0.323 e. The Hall–Kier alpha value is -3.52. The molecule has 5 nitrogen and oxygen atoms in total. The van der Waals surface area contributed by atoms with E-state index >= 15 is 0 Å². The van der Waals surface area contributed by atoms with E-state index in [1.807, 2.05) is 0 Å². The summed E-state index contributed by atoms with van der Waals surface area (Å²) in [5.74, 6) is -1.75. The van der Waals surface area contributed by atoms with Gasteiger partial charge in [-0.05, 0) is 48.9 Å². The Labute approximate surface area is 180 Å². The highest BCUT2D eigenvalue weighted by atomic mass is 32.2. The second kappa shape index (κ2) is 8.69. The lowest BCUT2D eigenvalue weighted by atomic mass is 10.2. The highest BCUT2D eigenvalue weighted by Gasteiger charge is 2.17. The minimum Gasteiger partial charge on any atom is -0.323 e. The lowest BCUT2D eigenvalue weighted by Crippen LogP contribution is -2.23. The predicted molar refractivity (Wildman–Crippen MR) is 118 cm³/mol. The van der Waals surface area contributed by atoms with Crippen molar-refractivity contribution in [1.82, 2.24) is 9.55 Å². The van der Waals surface area contributed by atoms with Crippen LogP contribution in [0.1, 0.15) is 5.56 Å². The smallest absolute Gasteiger partial charge is 0.266 e. The van der Waals surface area contributed by atoms with Crippen molar-refractivity contribution in [3.8, 4) is 5.69 Å². The number of hydrogen-bond donors (Lipinski definition) is 1. The van der Waals surface area contributed by atoms with Gasteiger partial charge in [0.05, 0.1) is 28.0 Å². The number of thioether (sulfide) groups is 1. The lowest BCUT2D eigenvalue weighted by Gasteiger charge is -2.14. The molecule has 0 aliphatic heterocycles. The molecule has 0 unspecified atom stereocenters. The van der Waals surface area contributed by atoms with Crippen molar-refractivity contribution in [2.75, 3.05) is 11.1 Å². The molecule has 156 valence electrons. The maximum absolute atomic E-state index is 14.5. The minimum atomic E-state index is -0.588. The molecule has 31 heavy (non-hydrogen) atoms. The topological polar surface area (TPSA) is 64.0 Å². The molecule has 0 aliphatic rings. The minimum absolute atomic E-state index is 0.0400. The number of anilines is 1. The first-order valence-electron chi connectivity index (χ1n) is 9.39. The number of rotatable bonds is 5. The molecule has 0 radical (unpaired) electrons. The van der Waals surface area contributed by atoms with Gasteiger partial charge in [-0.15, -0.1) is 0 Å². The van der Waals surface area contributed by atoms with Gasteiger partial charge in [0.2, 0.25) is 5.91 Å². The van der Waals surface area contributed by atoms with Crippen molar-refractivity contribution in [1.29, 1.82) is 0 Å². The molecule has 0 atom stereocenters. The lowest BCUT2D eigenvalue weighted by molar-refractivity contribution is -0.113. The summed E-state index contributed by atoms with van der Waals surface area (Å²) in [6.45, 7) is 1.75. The summed E-state index contributed by atoms with van der Waals surface area (Å²) in [7, 11) is 0. The number of nitrogens with zero attached hydrogens (tertiary/aromatic N) is 2. The fourth-order valence-corrected chi connectivity index (χ4v) is 3.90. The Balaban J connectivity index is 1.68. The molecule has 1 aromatic heterocycles. The highest BCUT2D eigenvalue weighted by Crippen LogP contribution is 2.23. The van der Waals surface area contributed by atoms with Crippen molar-refractivity contribution >= 4 is 34.3 Å². The van der Waals surface area contributed by atoms with Gasteiger partial charge in [0.25, 0.3) is 5.56 Å². The van der Waals surface area contributed by atoms with Gasteiger partial charge in [0, 0.05) is 0 Å². The Bertz CT molecular complexity index is 1350. The third-order valence-corrected chi connectivity index (χ3v) is 5.51. The van der Waals surface area contributed by atoms with E-state index in [0.29, 0.717) is 10.9 Å². The Kier molecular flexibility index (Phi) is 5.81. The molecule has 4 aromatic rings. The normalized spacial score (nSPS) is 10.9. The number of aryl methyl sites for hydroxylation is 1. The van der Waals surface area contributed by atoms with E-state index in [1.165, 1.54) is 30.3 Å². The SMILES string of the molecule is Cc1ccc(NC(=O)CSc2nc3ccccc3c(=O)n2-c2ccccc2F)c(F)c1. The summed E-state index contributed by atoms with van der Waals surface area (Å²) in [5, 5.41) is 3.00. The molecule has 3 aromatic carbocycles. The van der Waals surface area contributed by atoms with Crippen LogP contribution in [-0.2, 0) is 4.79 Å². The second-order valence-corrected chi connectivity index (χ2v) is 7.77. The molecule has 8 heteroatoms. The average Bonchev–Trinajstić information content (AvgIpc) is 2.75. The summed E-state index contributed by atoms with van der Waals surface area (Å²) < 4.78 is 29.6. The Morgan fingerprint density at radius 2 is 1.77 bits per heavy atom. The third-order valence-electron chi connectivity index (χ3n) is 4.57. The molecular formula is C23H17F2N3O2S. The summed E-state index contributed by atoms with van der Waals surface area (Å²) in [4.78, 5) is 30.0. The van der Waals surface area contributed by atoms with E-state index in [0.717, 1.165) is 21.9 Å². The number of carbonyl (C=O) groups is 1. The van der Waals surface area contributed by atoms with Crippen LogP contribution < -0.4 is 10.9 Å². The first kappa shape index (κ1) is 20.7. The molecule has 0 fully saturated rings. The van der Waals surface area contributed by atoms with Gasteiger partial charge < -0.3 is 5.32 Å². The van der Waals surface area contributed by atoms with Crippen LogP contribution in [0, 0.1) is 18.6 Å². The molecule has 1 amide bonds. The van der Waals surface area contributed by atoms with E-state index in [4.69, 9.17) is 0 Å². The first-order chi connectivity index (χ1) is 14.9. The maximum Gasteiger partial charge on any atom is 0.266 e. The molecular weight excluding hydrogens is 420 g/mol. The van der Waals surface area contributed by atoms with Gasteiger partial charge in [-0.25, -0.2) is 13.8 Å². The van der Waals surface area contributed by atoms with Crippen LogP contribution in [0.3, 0.4) is 0 Å². The van der Waals surface area contributed by atoms with Crippen LogP contribution in [-0.4, -0.2) is 21.2 Å². The Morgan fingerprint density at radius 3 is 2.55 bits per heavy atom. The van der Waals surface area contributed by atoms with Crippen LogP contribution in [0.5, 0.6) is 0 Å². The zero-order valence-corrected chi connectivity index (χ0v) is 17.2. The standard InChI is InChI=1S/C23H17F2N3O2S/c1-14-10-11-19(17(25)12-14)26-21(29)13-31-23-27-18-8-4-2-6-15(18)22(30)28(23)20-9-5-3-7-16(20)24/h2-12H,13H2,1H3,(H,26,29). The van der Waals surface area contributed by atoms with Crippen molar-refractivity contribution in [2.45, 2.75) is 12.1 Å². The first-order valence-corrected chi connectivity index (χ1v) is 10.4. The van der Waals surface area contributed by atoms with Crippen LogP contribution in [0.25, 0.3) is 16.6 Å². The second-order valence-electron chi connectivity index (χ2n) is 6.82. The van der Waals surface area contributed by atoms with Crippen molar-refractivity contribution in [2.24, 2.45) is 0 Å². The van der Waals surface area contributed by atoms with Gasteiger partial charge >= 0.3 is 0 Å². The maximum atomic E-state index is 14.5. The van der Waals surface area contributed by atoms with Crippen LogP contribution in [0.2, 0.25) is 0 Å². The van der Waals surface area contributed by atoms with E-state index in [9.17, 15) is 18.4 Å². The third kappa shape index (κ3) is 4.34. The molecule has 0 bridgehead atoms. The average molecular weight is 437 g/mol. The van der Waals surface area contributed by atoms with Gasteiger partial charge in [-0.1, -0.05) is 42.1 Å². The number of nitrogens with one attached hydrogen (secondary N) is 1. The molecule has 4 rings (SSSR count). The number of halogens is 2. The fraction of sp³-hybridized carbons (Fsp3) is 0.0870. The quantitative estimate of drug-likeness (QED) is 0.363. The van der Waals surface area contributed by atoms with Crippen LogP contribution >= 0.6 is 11.8 Å². The predicted octanol–water partition coefficient (Wildman–Crippen LogP) is 4.70. The monoisotopic (exact) mass is 437 g/mol. The van der Waals surface area contributed by atoms with Gasteiger partial charge in [0.1, 0.15) is 11.6 Å². The molecule has 0 saturated heterocycles. The molecule has 1 N–H and O–H groups in total. The number of aromatic nitrogens is 2. The number of carbonyl (C=O) groups excluding carboxylic acids is 1. The van der Waals surface area contributed by atoms with E-state index in [-0.39, 0.29) is 22.3 Å². The van der Waals surface area contributed by atoms with Gasteiger partial charge in [-0.3, -0.25) is 14.2 Å². The van der Waals surface area contributed by atoms with Crippen LogP contribution in [0.4, 0.5) is 14.5 Å². The number of benzene rings is 3. The molecule has 0 aliphatic carbocycles. The Morgan fingerprint density at radius 1 is 1.03 bits per heavy atom. The molecule has 0 spiro atoms. The zero-order valence-electron chi connectivity index (χ0n) is 16.4. The van der Waals surface area contributed by atoms with E-state index in [1.54, 1.807) is 43.3 Å². The van der Waals surface area contributed by atoms with E-state index < -0.39 is 23.1 Å². The number of fused-ring (bicyclic) bond motifs is 1. The van der Waals surface area contributed by atoms with E-state index in [2.05, 4.69) is 10.3 Å². The molecule has 0 saturated carbocycles. The fourth-order valence-electron chi connectivity index (χ4n) is 3.09. The van der Waals surface area contributed by atoms with Crippen molar-refractivity contribution < 1.29 is 13.6 Å². The summed E-state index contributed by atoms with van der Waals surface area (Å²) in [5.41, 5.74) is 0.835. The summed E-state index contributed by atoms with van der Waals surface area (Å²) in [6, 6.07) is 17.1. The van der Waals surface area contributed by atoms with Gasteiger partial charge in [0.15, 0.2) is 5.16 Å². The number of hydrogen-bond acceptors (Lipinski definition) is 4. The summed E-state index contributed by atoms with van der Waals surface area (Å²) >= 11 is 0.967.